The summed E-state index contributed by atoms with van der Waals surface area (Å²) in [5, 5.41) is 26.7. The smallest absolute Gasteiger partial charge is 0.249 e. The molecular weight excluding hydrogens is 476 g/mol. The average Bonchev–Trinajstić information content (AvgIpc) is 3.43. The molecule has 5 aromatic rings. The molecule has 1 atom stereocenters. The first kappa shape index (κ1) is 20.9. The van der Waals surface area contributed by atoms with Crippen molar-refractivity contribution in [3.8, 4) is 6.07 Å². The van der Waals surface area contributed by atoms with Crippen molar-refractivity contribution in [1.82, 2.24) is 30.4 Å². The van der Waals surface area contributed by atoms with Gasteiger partial charge in [-0.05, 0) is 23.8 Å². The standard InChI is InChI=1S/C23H14ClF2N9/c24-17-5-14(32-21(19-11-31-35-34-19)12-2-1-3-28-8-12)4-16-20(13(7-27)9-29-22(16)17)33-15-6-18(25)23(26)30-10-15/h1-6,8-11,21,32H,(H,29,33)(H,31,34,35)/t21-/m1/s1/i21D. The maximum absolute atomic E-state index is 13.8. The molecule has 0 fully saturated rings. The van der Waals surface area contributed by atoms with Crippen LogP contribution in [0.25, 0.3) is 10.9 Å². The first-order chi connectivity index (χ1) is 17.4. The number of fused-ring (bicyclic) bond motifs is 1. The second-order valence-electron chi connectivity index (χ2n) is 7.23. The number of H-pyrrole nitrogens is 1. The lowest BCUT2D eigenvalue weighted by Gasteiger charge is -2.19. The number of hydrogen-bond acceptors (Lipinski definition) is 8. The van der Waals surface area contributed by atoms with Crippen LogP contribution in [0.4, 0.5) is 25.8 Å². The fourth-order valence-corrected chi connectivity index (χ4v) is 3.71. The maximum Gasteiger partial charge on any atom is 0.249 e. The number of aromatic nitrogens is 6. The van der Waals surface area contributed by atoms with Gasteiger partial charge in [0.2, 0.25) is 5.95 Å². The highest BCUT2D eigenvalue weighted by Crippen LogP contribution is 2.36. The van der Waals surface area contributed by atoms with Crippen LogP contribution in [0.3, 0.4) is 0 Å². The molecule has 35 heavy (non-hydrogen) atoms. The molecule has 0 bridgehead atoms. The summed E-state index contributed by atoms with van der Waals surface area (Å²) < 4.78 is 36.3. The molecule has 0 unspecified atom stereocenters. The molecule has 172 valence electrons. The summed E-state index contributed by atoms with van der Waals surface area (Å²) in [7, 11) is 0. The lowest BCUT2D eigenvalue weighted by molar-refractivity contribution is 0.480. The van der Waals surface area contributed by atoms with Gasteiger partial charge in [-0.2, -0.15) is 25.1 Å². The summed E-state index contributed by atoms with van der Waals surface area (Å²) >= 11 is 6.54. The SMILES string of the molecule is [2H][C@@](Nc1cc(Cl)c2ncc(C#N)c(Nc3cnc(F)c(F)c3)c2c1)(c1cccnc1)c1cn[nH]n1. The molecule has 0 amide bonds. The van der Waals surface area contributed by atoms with Gasteiger partial charge < -0.3 is 10.6 Å². The van der Waals surface area contributed by atoms with E-state index in [0.29, 0.717) is 22.2 Å². The van der Waals surface area contributed by atoms with E-state index in [4.69, 9.17) is 11.6 Å². The molecule has 4 heterocycles. The third-order valence-corrected chi connectivity index (χ3v) is 5.29. The molecule has 0 aliphatic carbocycles. The molecule has 12 heteroatoms. The van der Waals surface area contributed by atoms with Crippen LogP contribution >= 0.6 is 11.6 Å². The minimum atomic E-state index is -1.61. The van der Waals surface area contributed by atoms with Gasteiger partial charge in [0, 0.05) is 35.7 Å². The monoisotopic (exact) mass is 490 g/mol. The minimum absolute atomic E-state index is 0.111. The van der Waals surface area contributed by atoms with Crippen LogP contribution in [0.15, 0.2) is 61.3 Å². The van der Waals surface area contributed by atoms with Crippen molar-refractivity contribution < 1.29 is 10.2 Å². The van der Waals surface area contributed by atoms with E-state index >= 15 is 0 Å². The number of rotatable bonds is 6. The molecule has 1 aromatic carbocycles. The Bertz CT molecular complexity index is 1610. The van der Waals surface area contributed by atoms with Gasteiger partial charge in [0.15, 0.2) is 5.82 Å². The molecule has 0 saturated carbocycles. The van der Waals surface area contributed by atoms with Crippen LogP contribution in [0.5, 0.6) is 0 Å². The number of anilines is 3. The third-order valence-electron chi connectivity index (χ3n) is 5.00. The van der Waals surface area contributed by atoms with E-state index in [1.165, 1.54) is 18.6 Å². The van der Waals surface area contributed by atoms with Crippen LogP contribution in [-0.4, -0.2) is 30.4 Å². The zero-order valence-electron chi connectivity index (χ0n) is 18.6. The van der Waals surface area contributed by atoms with Crippen LogP contribution in [0, 0.1) is 23.1 Å². The summed E-state index contributed by atoms with van der Waals surface area (Å²) in [6, 6.07) is 7.93. The lowest BCUT2D eigenvalue weighted by Crippen LogP contribution is -2.13. The van der Waals surface area contributed by atoms with Crippen molar-refractivity contribution in [2.45, 2.75) is 6.02 Å². The van der Waals surface area contributed by atoms with Crippen molar-refractivity contribution in [2.24, 2.45) is 0 Å². The van der Waals surface area contributed by atoms with Crippen molar-refractivity contribution in [3.63, 3.8) is 0 Å². The van der Waals surface area contributed by atoms with E-state index in [1.54, 1.807) is 30.5 Å². The average molecular weight is 491 g/mol. The Labute approximate surface area is 203 Å². The Morgan fingerprint density at radius 1 is 1.11 bits per heavy atom. The van der Waals surface area contributed by atoms with Crippen LogP contribution in [0.1, 0.15) is 24.2 Å². The summed E-state index contributed by atoms with van der Waals surface area (Å²) in [4.78, 5) is 11.7. The minimum Gasteiger partial charge on any atom is -0.373 e. The quantitative estimate of drug-likeness (QED) is 0.287. The van der Waals surface area contributed by atoms with Gasteiger partial charge in [-0.3, -0.25) is 9.97 Å². The Hall–Kier alpha value is -4.69. The van der Waals surface area contributed by atoms with Crippen molar-refractivity contribution in [2.75, 3.05) is 10.6 Å². The van der Waals surface area contributed by atoms with Crippen molar-refractivity contribution >= 4 is 39.6 Å². The molecule has 0 spiro atoms. The number of nitrogens with one attached hydrogen (secondary N) is 3. The molecule has 0 aliphatic heterocycles. The van der Waals surface area contributed by atoms with Crippen LogP contribution in [0.2, 0.25) is 5.02 Å². The number of aromatic amines is 1. The zero-order valence-corrected chi connectivity index (χ0v) is 18.3. The zero-order chi connectivity index (χ0) is 25.3. The Kier molecular flexibility index (Phi) is 5.54. The number of nitrogens with zero attached hydrogens (tertiary/aromatic N) is 6. The van der Waals surface area contributed by atoms with Gasteiger partial charge in [0.1, 0.15) is 11.8 Å². The Morgan fingerprint density at radius 2 is 2.00 bits per heavy atom. The van der Waals surface area contributed by atoms with Gasteiger partial charge in [-0.25, -0.2) is 9.37 Å². The van der Waals surface area contributed by atoms with E-state index in [-0.39, 0.29) is 27.7 Å². The molecular formula is C23H14ClF2N9. The summed E-state index contributed by atoms with van der Waals surface area (Å²) in [5.74, 6) is -2.40. The lowest BCUT2D eigenvalue weighted by atomic mass is 10.0. The van der Waals surface area contributed by atoms with E-state index < -0.39 is 17.8 Å². The first-order valence-electron chi connectivity index (χ1n) is 10.5. The van der Waals surface area contributed by atoms with Gasteiger partial charge >= 0.3 is 0 Å². The number of pyridine rings is 3. The van der Waals surface area contributed by atoms with E-state index in [9.17, 15) is 15.4 Å². The fraction of sp³-hybridized carbons (Fsp3) is 0.0435. The second kappa shape index (κ2) is 9.28. The van der Waals surface area contributed by atoms with Gasteiger partial charge in [0.05, 0.1) is 47.3 Å². The molecule has 0 aliphatic rings. The fourth-order valence-electron chi connectivity index (χ4n) is 3.45. The maximum atomic E-state index is 13.8. The highest BCUT2D eigenvalue weighted by Gasteiger charge is 2.19. The van der Waals surface area contributed by atoms with Crippen LogP contribution in [-0.2, 0) is 0 Å². The van der Waals surface area contributed by atoms with E-state index in [1.807, 2.05) is 6.07 Å². The highest BCUT2D eigenvalue weighted by molar-refractivity contribution is 6.36. The molecule has 5 rings (SSSR count). The second-order valence-corrected chi connectivity index (χ2v) is 7.64. The molecule has 3 N–H and O–H groups in total. The van der Waals surface area contributed by atoms with Crippen LogP contribution < -0.4 is 10.6 Å². The number of nitriles is 1. The largest absolute Gasteiger partial charge is 0.373 e. The van der Waals surface area contributed by atoms with E-state index in [0.717, 1.165) is 12.3 Å². The van der Waals surface area contributed by atoms with Gasteiger partial charge in [-0.1, -0.05) is 17.7 Å². The highest BCUT2D eigenvalue weighted by atomic mass is 35.5. The number of benzene rings is 1. The number of hydrogen-bond donors (Lipinski definition) is 3. The molecule has 9 nitrogen and oxygen atoms in total. The molecule has 0 saturated heterocycles. The summed E-state index contributed by atoms with van der Waals surface area (Å²) in [5.41, 5.74) is 1.96. The summed E-state index contributed by atoms with van der Waals surface area (Å²) in [6.07, 6.45) is 6.93. The Balaban J connectivity index is 1.65. The predicted octanol–water partition coefficient (Wildman–Crippen LogP) is 4.89. The van der Waals surface area contributed by atoms with Crippen molar-refractivity contribution in [1.29, 1.82) is 5.26 Å². The molecule has 0 radical (unpaired) electrons. The predicted molar refractivity (Wildman–Crippen MR) is 125 cm³/mol. The van der Waals surface area contributed by atoms with E-state index in [2.05, 4.69) is 41.0 Å². The third kappa shape index (κ3) is 4.42. The number of halogens is 3. The summed E-state index contributed by atoms with van der Waals surface area (Å²) in [6.45, 7) is 0. The Morgan fingerprint density at radius 3 is 2.71 bits per heavy atom. The van der Waals surface area contributed by atoms with Crippen molar-refractivity contribution in [3.05, 3.63) is 94.9 Å². The first-order valence-corrected chi connectivity index (χ1v) is 10.4. The topological polar surface area (TPSA) is 128 Å². The molecule has 4 aromatic heterocycles. The van der Waals surface area contributed by atoms with Gasteiger partial charge in [-0.15, -0.1) is 0 Å². The van der Waals surface area contributed by atoms with Gasteiger partial charge in [0.25, 0.3) is 0 Å². The normalized spacial score (nSPS) is 13.0.